The van der Waals surface area contributed by atoms with Crippen LogP contribution in [0.3, 0.4) is 0 Å². The van der Waals surface area contributed by atoms with Crippen molar-refractivity contribution in [1.29, 1.82) is 0 Å². The number of amides is 1. The Labute approximate surface area is 176 Å². The smallest absolute Gasteiger partial charge is 0.290 e. The highest BCUT2D eigenvalue weighted by atomic mass is 16.7. The zero-order valence-corrected chi connectivity index (χ0v) is 17.0. The Morgan fingerprint density at radius 3 is 2.63 bits per heavy atom. The minimum Gasteiger partial charge on any atom is -0.459 e. The van der Waals surface area contributed by atoms with Gasteiger partial charge in [0.1, 0.15) is 0 Å². The van der Waals surface area contributed by atoms with Gasteiger partial charge in [0.15, 0.2) is 5.76 Å². The second-order valence-corrected chi connectivity index (χ2v) is 8.00. The Balaban J connectivity index is 1.43. The zero-order chi connectivity index (χ0) is 20.8. The number of carbonyl (C=O) groups excluding carboxylic acids is 1. The molecule has 6 nitrogen and oxygen atoms in total. The first-order valence-electron chi connectivity index (χ1n) is 10.6. The molecule has 0 spiro atoms. The van der Waals surface area contributed by atoms with Crippen LogP contribution >= 0.6 is 0 Å². The summed E-state index contributed by atoms with van der Waals surface area (Å²) in [7, 11) is 0. The molecule has 2 heterocycles. The van der Waals surface area contributed by atoms with E-state index in [0.29, 0.717) is 24.0 Å². The van der Waals surface area contributed by atoms with Crippen LogP contribution in [0, 0.1) is 11.8 Å². The van der Waals surface area contributed by atoms with Crippen LogP contribution in [0.1, 0.15) is 43.2 Å². The first-order valence-corrected chi connectivity index (χ1v) is 10.6. The molecule has 1 aromatic heterocycles. The number of benzene rings is 1. The maximum absolute atomic E-state index is 12.8. The number of pyridine rings is 1. The third-order valence-electron chi connectivity index (χ3n) is 5.88. The summed E-state index contributed by atoms with van der Waals surface area (Å²) in [6, 6.07) is 11.2. The van der Waals surface area contributed by atoms with Gasteiger partial charge in [0.2, 0.25) is 6.29 Å². The lowest BCUT2D eigenvalue weighted by Gasteiger charge is -2.32. The van der Waals surface area contributed by atoms with Crippen molar-refractivity contribution in [3.8, 4) is 0 Å². The van der Waals surface area contributed by atoms with E-state index in [4.69, 9.17) is 9.47 Å². The molecule has 2 N–H and O–H groups in total. The standard InChI is InChI=1S/C24H28N2O4/c27-15-17-7-9-18(10-8-17)16-29-23-13-20(19-4-1-2-5-19)12-22(30-23)24(28)26-21-6-3-11-25-14-21/h3,6-12,14,19-20,23,27H,1-2,4-5,13,15-16H2,(H,26,28)/t20-,23+/m0/s1. The second kappa shape index (κ2) is 9.87. The monoisotopic (exact) mass is 408 g/mol. The Kier molecular flexibility index (Phi) is 6.77. The van der Waals surface area contributed by atoms with E-state index in [1.165, 1.54) is 25.7 Å². The van der Waals surface area contributed by atoms with E-state index in [1.54, 1.807) is 24.5 Å². The largest absolute Gasteiger partial charge is 0.459 e. The average molecular weight is 408 g/mol. The molecule has 2 atom stereocenters. The SMILES string of the molecule is O=C(Nc1cccnc1)C1=C[C@H](C2CCCC2)C[C@H](OCc2ccc(CO)cc2)O1. The van der Waals surface area contributed by atoms with Crippen LogP contribution in [0.5, 0.6) is 0 Å². The maximum atomic E-state index is 12.8. The summed E-state index contributed by atoms with van der Waals surface area (Å²) >= 11 is 0. The molecule has 4 rings (SSSR count). The number of hydrogen-bond acceptors (Lipinski definition) is 5. The molecule has 0 radical (unpaired) electrons. The van der Waals surface area contributed by atoms with Crippen LogP contribution < -0.4 is 5.32 Å². The molecule has 1 fully saturated rings. The summed E-state index contributed by atoms with van der Waals surface area (Å²) in [4.78, 5) is 16.8. The van der Waals surface area contributed by atoms with E-state index in [-0.39, 0.29) is 18.4 Å². The number of carbonyl (C=O) groups is 1. The third-order valence-corrected chi connectivity index (χ3v) is 5.88. The van der Waals surface area contributed by atoms with Crippen molar-refractivity contribution in [2.24, 2.45) is 11.8 Å². The third kappa shape index (κ3) is 5.26. The predicted molar refractivity (Wildman–Crippen MR) is 113 cm³/mol. The minimum absolute atomic E-state index is 0.0240. The molecular weight excluding hydrogens is 380 g/mol. The highest BCUT2D eigenvalue weighted by molar-refractivity contribution is 6.02. The van der Waals surface area contributed by atoms with Gasteiger partial charge in [-0.1, -0.05) is 37.1 Å². The van der Waals surface area contributed by atoms with Crippen LogP contribution in [0.4, 0.5) is 5.69 Å². The van der Waals surface area contributed by atoms with Gasteiger partial charge in [-0.3, -0.25) is 9.78 Å². The lowest BCUT2D eigenvalue weighted by molar-refractivity contribution is -0.153. The lowest BCUT2D eigenvalue weighted by atomic mass is 9.86. The molecule has 2 aromatic rings. The number of allylic oxidation sites excluding steroid dienone is 1. The van der Waals surface area contributed by atoms with Crippen molar-refractivity contribution < 1.29 is 19.4 Å². The Bertz CT molecular complexity index is 861. The number of aliphatic hydroxyl groups excluding tert-OH is 1. The molecule has 1 aliphatic heterocycles. The van der Waals surface area contributed by atoms with E-state index in [2.05, 4.69) is 10.3 Å². The summed E-state index contributed by atoms with van der Waals surface area (Å²) in [5.74, 6) is 0.900. The minimum atomic E-state index is -0.465. The van der Waals surface area contributed by atoms with Gasteiger partial charge in [-0.05, 0) is 54.0 Å². The topological polar surface area (TPSA) is 80.7 Å². The van der Waals surface area contributed by atoms with Gasteiger partial charge in [0, 0.05) is 12.6 Å². The molecule has 1 amide bonds. The van der Waals surface area contributed by atoms with Gasteiger partial charge in [0.05, 0.1) is 25.1 Å². The Morgan fingerprint density at radius 1 is 1.17 bits per heavy atom. The first kappa shape index (κ1) is 20.6. The molecular formula is C24H28N2O4. The fraction of sp³-hybridized carbons (Fsp3) is 0.417. The number of hydrogen-bond donors (Lipinski definition) is 2. The fourth-order valence-electron chi connectivity index (χ4n) is 4.22. The van der Waals surface area contributed by atoms with E-state index < -0.39 is 6.29 Å². The summed E-state index contributed by atoms with van der Waals surface area (Å²) < 4.78 is 12.0. The van der Waals surface area contributed by atoms with Gasteiger partial charge >= 0.3 is 0 Å². The zero-order valence-electron chi connectivity index (χ0n) is 17.0. The summed E-state index contributed by atoms with van der Waals surface area (Å²) in [6.45, 7) is 0.418. The number of nitrogens with one attached hydrogen (secondary N) is 1. The van der Waals surface area contributed by atoms with Crippen molar-refractivity contribution in [2.45, 2.75) is 51.6 Å². The molecule has 30 heavy (non-hydrogen) atoms. The number of aromatic nitrogens is 1. The van der Waals surface area contributed by atoms with Crippen LogP contribution in [0.15, 0.2) is 60.6 Å². The molecule has 0 bridgehead atoms. The Morgan fingerprint density at radius 2 is 1.93 bits per heavy atom. The Hall–Kier alpha value is -2.70. The van der Waals surface area contributed by atoms with Crippen LogP contribution in [-0.4, -0.2) is 22.3 Å². The molecule has 0 unspecified atom stereocenters. The van der Waals surface area contributed by atoms with Gasteiger partial charge in [-0.25, -0.2) is 0 Å². The van der Waals surface area contributed by atoms with Gasteiger partial charge in [0.25, 0.3) is 5.91 Å². The van der Waals surface area contributed by atoms with E-state index in [1.807, 2.05) is 30.3 Å². The van der Waals surface area contributed by atoms with Crippen molar-refractivity contribution in [1.82, 2.24) is 4.98 Å². The molecule has 0 saturated heterocycles. The molecule has 1 saturated carbocycles. The van der Waals surface area contributed by atoms with Gasteiger partial charge in [-0.2, -0.15) is 0 Å². The van der Waals surface area contributed by atoms with Crippen molar-refractivity contribution >= 4 is 11.6 Å². The number of anilines is 1. The summed E-state index contributed by atoms with van der Waals surface area (Å²) in [6.07, 6.45) is 10.4. The van der Waals surface area contributed by atoms with E-state index in [0.717, 1.165) is 17.5 Å². The first-order chi connectivity index (χ1) is 14.7. The van der Waals surface area contributed by atoms with Gasteiger partial charge < -0.3 is 19.9 Å². The number of nitrogens with zero attached hydrogens (tertiary/aromatic N) is 1. The molecule has 6 heteroatoms. The van der Waals surface area contributed by atoms with Crippen molar-refractivity contribution in [2.75, 3.05) is 5.32 Å². The highest BCUT2D eigenvalue weighted by Gasteiger charge is 2.33. The van der Waals surface area contributed by atoms with Crippen LogP contribution in [0.25, 0.3) is 0 Å². The number of aliphatic hydroxyl groups is 1. The molecule has 1 aliphatic carbocycles. The summed E-state index contributed by atoms with van der Waals surface area (Å²) in [5.41, 5.74) is 2.51. The maximum Gasteiger partial charge on any atom is 0.290 e. The molecule has 2 aliphatic rings. The van der Waals surface area contributed by atoms with Crippen LogP contribution in [0.2, 0.25) is 0 Å². The molecule has 1 aromatic carbocycles. The normalized spacial score (nSPS) is 21.7. The lowest BCUT2D eigenvalue weighted by Crippen LogP contribution is -2.32. The highest BCUT2D eigenvalue weighted by Crippen LogP contribution is 2.38. The van der Waals surface area contributed by atoms with Crippen molar-refractivity contribution in [3.05, 3.63) is 71.8 Å². The van der Waals surface area contributed by atoms with Gasteiger partial charge in [-0.15, -0.1) is 0 Å². The molecule has 158 valence electrons. The fourth-order valence-corrected chi connectivity index (χ4v) is 4.22. The predicted octanol–water partition coefficient (Wildman–Crippen LogP) is 4.17. The average Bonchev–Trinajstić information content (AvgIpc) is 3.34. The number of rotatable bonds is 7. The van der Waals surface area contributed by atoms with Crippen LogP contribution in [-0.2, 0) is 27.5 Å². The van der Waals surface area contributed by atoms with Crippen molar-refractivity contribution in [3.63, 3.8) is 0 Å². The second-order valence-electron chi connectivity index (χ2n) is 8.00. The van der Waals surface area contributed by atoms with E-state index >= 15 is 0 Å². The summed E-state index contributed by atoms with van der Waals surface area (Å²) in [5, 5.41) is 12.0. The quantitative estimate of drug-likeness (QED) is 0.719. The van der Waals surface area contributed by atoms with E-state index in [9.17, 15) is 9.90 Å². The number of ether oxygens (including phenoxy) is 2.